The minimum Gasteiger partial charge on any atom is -0.396 e. The average molecular weight is 473 g/mol. The van der Waals surface area contributed by atoms with Crippen LogP contribution in [-0.4, -0.2) is 51.9 Å². The number of aryl methyl sites for hydroxylation is 1. The monoisotopic (exact) mass is 472 g/mol. The molecule has 3 N–H and O–H groups in total. The van der Waals surface area contributed by atoms with Crippen LogP contribution in [-0.2, 0) is 16.2 Å². The fourth-order valence-electron chi connectivity index (χ4n) is 3.79. The van der Waals surface area contributed by atoms with Crippen molar-refractivity contribution in [2.45, 2.75) is 30.8 Å². The van der Waals surface area contributed by atoms with E-state index >= 15 is 0 Å². The fourth-order valence-corrected chi connectivity index (χ4v) is 5.37. The van der Waals surface area contributed by atoms with Crippen LogP contribution < -0.4 is 5.73 Å². The van der Waals surface area contributed by atoms with E-state index in [2.05, 4.69) is 9.97 Å². The SMILES string of the molecule is [2H]C([2H])([2H])c1ccc(S(=O)(=O)N2CCCC(CO)C2)cc1-c1cnc2c(N)nc(C(F)(F)F)cn12. The number of sulfonamides is 1. The fraction of sp³-hybridized carbons (Fsp3) is 0.400. The molecule has 0 spiro atoms. The lowest BCUT2D eigenvalue weighted by Crippen LogP contribution is -2.40. The number of alkyl halides is 3. The van der Waals surface area contributed by atoms with Crippen molar-refractivity contribution in [3.05, 3.63) is 41.9 Å². The van der Waals surface area contributed by atoms with Crippen molar-refractivity contribution in [3.8, 4) is 11.3 Å². The second kappa shape index (κ2) is 8.01. The number of piperidine rings is 1. The molecule has 1 aromatic carbocycles. The van der Waals surface area contributed by atoms with Gasteiger partial charge in [-0.2, -0.15) is 17.5 Å². The number of benzene rings is 1. The first-order valence-electron chi connectivity index (χ1n) is 11.2. The molecular formula is C20H22F3N5O3S. The van der Waals surface area contributed by atoms with Gasteiger partial charge in [0.15, 0.2) is 17.2 Å². The van der Waals surface area contributed by atoms with Gasteiger partial charge in [-0.15, -0.1) is 0 Å². The van der Waals surface area contributed by atoms with E-state index in [1.807, 2.05) is 0 Å². The molecule has 1 fully saturated rings. The highest BCUT2D eigenvalue weighted by molar-refractivity contribution is 7.89. The maximum atomic E-state index is 13.3. The number of halogens is 3. The minimum atomic E-state index is -4.83. The van der Waals surface area contributed by atoms with Crippen molar-refractivity contribution in [1.29, 1.82) is 0 Å². The maximum Gasteiger partial charge on any atom is 0.434 e. The number of imidazole rings is 1. The topological polar surface area (TPSA) is 114 Å². The zero-order valence-corrected chi connectivity index (χ0v) is 17.5. The Kier molecular flexibility index (Phi) is 4.72. The zero-order chi connectivity index (χ0) is 25.8. The molecule has 1 aliphatic heterocycles. The van der Waals surface area contributed by atoms with E-state index in [9.17, 15) is 26.7 Å². The van der Waals surface area contributed by atoms with E-state index in [0.29, 0.717) is 19.0 Å². The van der Waals surface area contributed by atoms with Crippen molar-refractivity contribution in [2.24, 2.45) is 5.92 Å². The van der Waals surface area contributed by atoms with Gasteiger partial charge in [0.05, 0.1) is 16.8 Å². The van der Waals surface area contributed by atoms with E-state index in [1.54, 1.807) is 0 Å². The molecular weight excluding hydrogens is 447 g/mol. The molecule has 3 aromatic rings. The van der Waals surface area contributed by atoms with Gasteiger partial charge in [-0.25, -0.2) is 18.4 Å². The van der Waals surface area contributed by atoms with Crippen LogP contribution in [0.4, 0.5) is 19.0 Å². The number of hydrogen-bond acceptors (Lipinski definition) is 6. The highest BCUT2D eigenvalue weighted by Gasteiger charge is 2.34. The summed E-state index contributed by atoms with van der Waals surface area (Å²) in [5.74, 6) is -0.747. The van der Waals surface area contributed by atoms with Crippen molar-refractivity contribution >= 4 is 21.5 Å². The molecule has 1 saturated heterocycles. The van der Waals surface area contributed by atoms with Crippen LogP contribution >= 0.6 is 0 Å². The molecule has 1 atom stereocenters. The van der Waals surface area contributed by atoms with Gasteiger partial charge in [0, 0.05) is 35.6 Å². The van der Waals surface area contributed by atoms with Crippen LogP contribution in [0.25, 0.3) is 16.9 Å². The van der Waals surface area contributed by atoms with Gasteiger partial charge >= 0.3 is 6.18 Å². The predicted octanol–water partition coefficient (Wildman–Crippen LogP) is 2.70. The van der Waals surface area contributed by atoms with E-state index in [4.69, 9.17) is 9.85 Å². The number of aliphatic hydroxyl groups excluding tert-OH is 1. The molecule has 2 aromatic heterocycles. The first-order valence-corrected chi connectivity index (χ1v) is 11.1. The van der Waals surface area contributed by atoms with Crippen molar-refractivity contribution in [1.82, 2.24) is 18.7 Å². The molecule has 12 heteroatoms. The van der Waals surface area contributed by atoms with Gasteiger partial charge in [0.25, 0.3) is 0 Å². The summed E-state index contributed by atoms with van der Waals surface area (Å²) in [6.07, 6.45) is -1.86. The molecule has 32 heavy (non-hydrogen) atoms. The molecule has 0 radical (unpaired) electrons. The van der Waals surface area contributed by atoms with Crippen molar-refractivity contribution < 1.29 is 30.8 Å². The Morgan fingerprint density at radius 1 is 1.38 bits per heavy atom. The molecule has 3 heterocycles. The largest absolute Gasteiger partial charge is 0.434 e. The summed E-state index contributed by atoms with van der Waals surface area (Å²) >= 11 is 0. The second-order valence-electron chi connectivity index (χ2n) is 7.61. The van der Waals surface area contributed by atoms with Crippen LogP contribution in [0.5, 0.6) is 0 Å². The molecule has 0 bridgehead atoms. The third-order valence-corrected chi connectivity index (χ3v) is 7.31. The van der Waals surface area contributed by atoms with E-state index in [0.717, 1.165) is 28.8 Å². The lowest BCUT2D eigenvalue weighted by molar-refractivity contribution is -0.141. The molecule has 8 nitrogen and oxygen atoms in total. The summed E-state index contributed by atoms with van der Waals surface area (Å²) in [6, 6.07) is 3.40. The van der Waals surface area contributed by atoms with Crippen LogP contribution in [0.15, 0.2) is 35.5 Å². The Balaban J connectivity index is 1.91. The quantitative estimate of drug-likeness (QED) is 0.604. The molecule has 4 rings (SSSR count). The standard InChI is InChI=1S/C20H22F3N5O3S/c1-12-4-5-14(32(30,31)27-6-2-3-13(9-27)11-29)7-15(12)16-8-25-19-18(24)26-17(10-28(16)19)20(21,22)23/h4-5,7-8,10,13,29H,2-3,6,9,11H2,1H3,(H2,24,26)/i1D3. The smallest absolute Gasteiger partial charge is 0.396 e. The molecule has 0 amide bonds. The number of nitrogens with two attached hydrogens (primary N) is 1. The number of aliphatic hydroxyl groups is 1. The van der Waals surface area contributed by atoms with Gasteiger partial charge in [-0.1, -0.05) is 6.07 Å². The van der Waals surface area contributed by atoms with Gasteiger partial charge in [0.2, 0.25) is 10.0 Å². The van der Waals surface area contributed by atoms with Crippen LogP contribution in [0.2, 0.25) is 0 Å². The van der Waals surface area contributed by atoms with E-state index in [-0.39, 0.29) is 53.0 Å². The molecule has 1 unspecified atom stereocenters. The Bertz CT molecular complexity index is 1380. The van der Waals surface area contributed by atoms with Gasteiger partial charge in [-0.05, 0) is 43.3 Å². The predicted molar refractivity (Wildman–Crippen MR) is 111 cm³/mol. The summed E-state index contributed by atoms with van der Waals surface area (Å²) in [4.78, 5) is 7.07. The Hall–Kier alpha value is -2.70. The third kappa shape index (κ3) is 3.93. The van der Waals surface area contributed by atoms with Crippen molar-refractivity contribution in [2.75, 3.05) is 25.4 Å². The first-order chi connectivity index (χ1) is 16.2. The lowest BCUT2D eigenvalue weighted by atomic mass is 10.0. The maximum absolute atomic E-state index is 13.3. The first kappa shape index (κ1) is 18.8. The van der Waals surface area contributed by atoms with Crippen LogP contribution in [0, 0.1) is 12.8 Å². The Labute approximate surface area is 186 Å². The van der Waals surface area contributed by atoms with E-state index in [1.165, 1.54) is 4.31 Å². The van der Waals surface area contributed by atoms with Crippen LogP contribution in [0.1, 0.15) is 28.2 Å². The summed E-state index contributed by atoms with van der Waals surface area (Å²) < 4.78 is 92.5. The minimum absolute atomic E-state index is 0.0883. The number of aromatic nitrogens is 3. The normalized spacial score (nSPS) is 20.1. The van der Waals surface area contributed by atoms with Crippen LogP contribution in [0.3, 0.4) is 0 Å². The molecule has 172 valence electrons. The lowest BCUT2D eigenvalue weighted by Gasteiger charge is -2.31. The van der Waals surface area contributed by atoms with E-state index < -0.39 is 34.6 Å². The Morgan fingerprint density at radius 2 is 2.16 bits per heavy atom. The number of fused-ring (bicyclic) bond motifs is 1. The summed E-state index contributed by atoms with van der Waals surface area (Å²) in [6.45, 7) is -2.56. The van der Waals surface area contributed by atoms with Gasteiger partial charge < -0.3 is 10.8 Å². The zero-order valence-electron chi connectivity index (χ0n) is 19.7. The number of rotatable bonds is 4. The number of anilines is 1. The number of nitrogens with zero attached hydrogens (tertiary/aromatic N) is 4. The molecule has 1 aliphatic rings. The number of nitrogen functional groups attached to an aromatic ring is 1. The number of hydrogen-bond donors (Lipinski definition) is 2. The van der Waals surface area contributed by atoms with Gasteiger partial charge in [0.1, 0.15) is 0 Å². The second-order valence-corrected chi connectivity index (χ2v) is 9.55. The van der Waals surface area contributed by atoms with Gasteiger partial charge in [-0.3, -0.25) is 4.40 Å². The van der Waals surface area contributed by atoms with Crippen molar-refractivity contribution in [3.63, 3.8) is 0 Å². The average Bonchev–Trinajstić information content (AvgIpc) is 3.22. The summed E-state index contributed by atoms with van der Waals surface area (Å²) in [5.41, 5.74) is 3.72. The third-order valence-electron chi connectivity index (χ3n) is 5.45. The Morgan fingerprint density at radius 3 is 2.84 bits per heavy atom. The summed E-state index contributed by atoms with van der Waals surface area (Å²) in [7, 11) is -4.08. The molecule has 0 aliphatic carbocycles. The molecule has 0 saturated carbocycles. The highest BCUT2D eigenvalue weighted by Crippen LogP contribution is 2.33. The summed E-state index contributed by atoms with van der Waals surface area (Å²) in [5, 5.41) is 9.45. The highest BCUT2D eigenvalue weighted by atomic mass is 32.2.